The lowest BCUT2D eigenvalue weighted by Gasteiger charge is -2.24. The molecule has 0 aromatic heterocycles. The van der Waals surface area contributed by atoms with Gasteiger partial charge in [0.2, 0.25) is 0 Å². The Morgan fingerprint density at radius 3 is 2.35 bits per heavy atom. The molecule has 0 aliphatic heterocycles. The highest BCUT2D eigenvalue weighted by molar-refractivity contribution is 7.98. The van der Waals surface area contributed by atoms with Crippen LogP contribution >= 0.6 is 11.8 Å². The van der Waals surface area contributed by atoms with Gasteiger partial charge in [-0.2, -0.15) is 11.8 Å². The number of benzene rings is 1. The first-order valence-corrected chi connectivity index (χ1v) is 7.44. The molecule has 0 amide bonds. The molecule has 96 valence electrons. The zero-order chi connectivity index (χ0) is 12.7. The smallest absolute Gasteiger partial charge is 0.0681 e. The normalized spacial score (nSPS) is 13.0. The Labute approximate surface area is 109 Å². The van der Waals surface area contributed by atoms with Crippen molar-refractivity contribution < 1.29 is 5.11 Å². The van der Waals surface area contributed by atoms with Gasteiger partial charge in [-0.25, -0.2) is 0 Å². The Morgan fingerprint density at radius 2 is 1.82 bits per heavy atom. The average Bonchev–Trinajstić information content (AvgIpc) is 2.36. The molecule has 0 spiro atoms. The van der Waals surface area contributed by atoms with Crippen LogP contribution in [0.4, 0.5) is 0 Å². The fourth-order valence-corrected chi connectivity index (χ4v) is 2.28. The standard InChI is InChI=1S/C14H23NOS/c1-12(8-9-17-3)15(2)10-13-4-6-14(11-16)7-5-13/h4-7,12,16H,8-11H2,1-3H3. The van der Waals surface area contributed by atoms with Crippen molar-refractivity contribution in [3.05, 3.63) is 35.4 Å². The van der Waals surface area contributed by atoms with Gasteiger partial charge in [0.1, 0.15) is 0 Å². The summed E-state index contributed by atoms with van der Waals surface area (Å²) in [7, 11) is 2.17. The molecular weight excluding hydrogens is 230 g/mol. The van der Waals surface area contributed by atoms with E-state index in [0.29, 0.717) is 6.04 Å². The molecule has 1 aromatic rings. The lowest BCUT2D eigenvalue weighted by atomic mass is 10.1. The minimum Gasteiger partial charge on any atom is -0.392 e. The van der Waals surface area contributed by atoms with Crippen molar-refractivity contribution in [1.82, 2.24) is 4.90 Å². The maximum Gasteiger partial charge on any atom is 0.0681 e. The first-order valence-electron chi connectivity index (χ1n) is 6.05. The molecule has 1 aromatic carbocycles. The van der Waals surface area contributed by atoms with Crippen LogP contribution in [0.5, 0.6) is 0 Å². The second-order valence-corrected chi connectivity index (χ2v) is 5.51. The highest BCUT2D eigenvalue weighted by atomic mass is 32.2. The maximum atomic E-state index is 8.98. The molecule has 0 aliphatic rings. The van der Waals surface area contributed by atoms with Gasteiger partial charge >= 0.3 is 0 Å². The molecule has 17 heavy (non-hydrogen) atoms. The van der Waals surface area contributed by atoms with E-state index in [-0.39, 0.29) is 6.61 Å². The van der Waals surface area contributed by atoms with Crippen LogP contribution < -0.4 is 0 Å². The van der Waals surface area contributed by atoms with Gasteiger partial charge in [-0.15, -0.1) is 0 Å². The molecule has 0 bridgehead atoms. The second-order valence-electron chi connectivity index (χ2n) is 4.52. The van der Waals surface area contributed by atoms with E-state index in [1.54, 1.807) is 0 Å². The predicted molar refractivity (Wildman–Crippen MR) is 76.3 cm³/mol. The Balaban J connectivity index is 2.46. The van der Waals surface area contributed by atoms with Crippen molar-refractivity contribution in [1.29, 1.82) is 0 Å². The lowest BCUT2D eigenvalue weighted by Crippen LogP contribution is -2.29. The molecule has 1 atom stereocenters. The minimum atomic E-state index is 0.125. The third-order valence-corrected chi connectivity index (χ3v) is 3.77. The highest BCUT2D eigenvalue weighted by Gasteiger charge is 2.08. The van der Waals surface area contributed by atoms with E-state index in [0.717, 1.165) is 12.1 Å². The first kappa shape index (κ1) is 14.6. The summed E-state index contributed by atoms with van der Waals surface area (Å²) in [6.07, 6.45) is 3.38. The molecule has 0 fully saturated rings. The molecule has 0 radical (unpaired) electrons. The van der Waals surface area contributed by atoms with Crippen molar-refractivity contribution in [3.63, 3.8) is 0 Å². The van der Waals surface area contributed by atoms with Gasteiger partial charge in [0.15, 0.2) is 0 Å². The van der Waals surface area contributed by atoms with E-state index < -0.39 is 0 Å². The van der Waals surface area contributed by atoms with Crippen LogP contribution in [0, 0.1) is 0 Å². The van der Waals surface area contributed by atoms with Gasteiger partial charge in [-0.3, -0.25) is 4.90 Å². The topological polar surface area (TPSA) is 23.5 Å². The lowest BCUT2D eigenvalue weighted by molar-refractivity contribution is 0.245. The molecule has 3 heteroatoms. The van der Waals surface area contributed by atoms with E-state index >= 15 is 0 Å². The Hall–Kier alpha value is -0.510. The summed E-state index contributed by atoms with van der Waals surface area (Å²) in [5.41, 5.74) is 2.28. The summed E-state index contributed by atoms with van der Waals surface area (Å²) < 4.78 is 0. The number of rotatable bonds is 7. The largest absolute Gasteiger partial charge is 0.392 e. The predicted octanol–water partition coefficient (Wildman–Crippen LogP) is 2.75. The van der Waals surface area contributed by atoms with Crippen LogP contribution in [0.25, 0.3) is 0 Å². The molecule has 1 rings (SSSR count). The number of hydrogen-bond acceptors (Lipinski definition) is 3. The highest BCUT2D eigenvalue weighted by Crippen LogP contribution is 2.11. The van der Waals surface area contributed by atoms with Crippen molar-refractivity contribution in [2.24, 2.45) is 0 Å². The monoisotopic (exact) mass is 253 g/mol. The van der Waals surface area contributed by atoms with Crippen LogP contribution in [0.3, 0.4) is 0 Å². The summed E-state index contributed by atoms with van der Waals surface area (Å²) in [4.78, 5) is 2.38. The number of aliphatic hydroxyl groups excluding tert-OH is 1. The van der Waals surface area contributed by atoms with Gasteiger partial charge in [0, 0.05) is 12.6 Å². The first-order chi connectivity index (χ1) is 8.17. The maximum absolute atomic E-state index is 8.98. The fraction of sp³-hybridized carbons (Fsp3) is 0.571. The van der Waals surface area contributed by atoms with Gasteiger partial charge < -0.3 is 5.11 Å². The molecule has 0 saturated carbocycles. The third-order valence-electron chi connectivity index (χ3n) is 3.13. The quantitative estimate of drug-likeness (QED) is 0.808. The number of nitrogens with zero attached hydrogens (tertiary/aromatic N) is 1. The summed E-state index contributed by atoms with van der Waals surface area (Å²) in [6.45, 7) is 3.37. The van der Waals surface area contributed by atoms with Crippen LogP contribution in [0.15, 0.2) is 24.3 Å². The van der Waals surface area contributed by atoms with E-state index in [9.17, 15) is 0 Å². The summed E-state index contributed by atoms with van der Waals surface area (Å²) >= 11 is 1.90. The zero-order valence-electron chi connectivity index (χ0n) is 11.0. The Bertz CT molecular complexity index is 313. The number of thioether (sulfide) groups is 1. The van der Waals surface area contributed by atoms with E-state index in [1.165, 1.54) is 17.7 Å². The van der Waals surface area contributed by atoms with Crippen LogP contribution in [0.1, 0.15) is 24.5 Å². The number of aliphatic hydroxyl groups is 1. The molecule has 1 unspecified atom stereocenters. The Morgan fingerprint density at radius 1 is 1.24 bits per heavy atom. The molecular formula is C14H23NOS. The molecule has 0 aliphatic carbocycles. The molecule has 0 saturated heterocycles. The van der Waals surface area contributed by atoms with Crippen molar-refractivity contribution in [3.8, 4) is 0 Å². The van der Waals surface area contributed by atoms with Crippen LogP contribution in [-0.4, -0.2) is 35.1 Å². The zero-order valence-corrected chi connectivity index (χ0v) is 11.8. The SMILES string of the molecule is CSCCC(C)N(C)Cc1ccc(CO)cc1. The van der Waals surface area contributed by atoms with Crippen LogP contribution in [0.2, 0.25) is 0 Å². The van der Waals surface area contributed by atoms with Gasteiger partial charge in [0.25, 0.3) is 0 Å². The van der Waals surface area contributed by atoms with Crippen LogP contribution in [-0.2, 0) is 13.2 Å². The minimum absolute atomic E-state index is 0.125. The summed E-state index contributed by atoms with van der Waals surface area (Å²) in [5, 5.41) is 8.98. The van der Waals surface area contributed by atoms with E-state index in [2.05, 4.69) is 37.3 Å². The Kier molecular flexibility index (Phi) is 6.63. The number of hydrogen-bond donors (Lipinski definition) is 1. The van der Waals surface area contributed by atoms with Gasteiger partial charge in [-0.1, -0.05) is 24.3 Å². The van der Waals surface area contributed by atoms with Crippen molar-refractivity contribution in [2.45, 2.75) is 32.5 Å². The fourth-order valence-electron chi connectivity index (χ4n) is 1.70. The molecule has 2 nitrogen and oxygen atoms in total. The van der Waals surface area contributed by atoms with Gasteiger partial charge in [-0.05, 0) is 43.5 Å². The third kappa shape index (κ3) is 5.11. The van der Waals surface area contributed by atoms with Crippen molar-refractivity contribution in [2.75, 3.05) is 19.1 Å². The van der Waals surface area contributed by atoms with E-state index in [4.69, 9.17) is 5.11 Å². The summed E-state index contributed by atoms with van der Waals surface area (Å²) in [6, 6.07) is 8.80. The molecule has 1 N–H and O–H groups in total. The van der Waals surface area contributed by atoms with Crippen molar-refractivity contribution >= 4 is 11.8 Å². The second kappa shape index (κ2) is 7.75. The summed E-state index contributed by atoms with van der Waals surface area (Å²) in [5.74, 6) is 1.22. The van der Waals surface area contributed by atoms with Gasteiger partial charge in [0.05, 0.1) is 6.61 Å². The average molecular weight is 253 g/mol. The van der Waals surface area contributed by atoms with E-state index in [1.807, 2.05) is 23.9 Å². The molecule has 0 heterocycles.